The van der Waals surface area contributed by atoms with E-state index in [9.17, 15) is 4.79 Å². The van der Waals surface area contributed by atoms with E-state index in [2.05, 4.69) is 16.0 Å². The zero-order valence-corrected chi connectivity index (χ0v) is 15.4. The minimum absolute atomic E-state index is 0.0131. The quantitative estimate of drug-likeness (QED) is 0.696. The molecule has 4 rings (SSSR count). The number of hydrogen-bond acceptors (Lipinski definition) is 5. The van der Waals surface area contributed by atoms with Gasteiger partial charge in [0.05, 0.1) is 10.6 Å². The van der Waals surface area contributed by atoms with Crippen LogP contribution in [-0.4, -0.2) is 36.0 Å². The molecule has 5 nitrogen and oxygen atoms in total. The Kier molecular flexibility index (Phi) is 4.67. The zero-order chi connectivity index (χ0) is 17.9. The molecular formula is C20H20N4OS. The highest BCUT2D eigenvalue weighted by atomic mass is 32.1. The highest BCUT2D eigenvalue weighted by molar-refractivity contribution is 7.09. The van der Waals surface area contributed by atoms with Gasteiger partial charge in [-0.2, -0.15) is 0 Å². The first kappa shape index (κ1) is 16.7. The van der Waals surface area contributed by atoms with Gasteiger partial charge in [0, 0.05) is 50.0 Å². The number of thiazole rings is 1. The Morgan fingerprint density at radius 1 is 1.19 bits per heavy atom. The van der Waals surface area contributed by atoms with Gasteiger partial charge < -0.3 is 9.80 Å². The largest absolute Gasteiger partial charge is 0.359 e. The Balaban J connectivity index is 1.56. The molecule has 6 heteroatoms. The predicted molar refractivity (Wildman–Crippen MR) is 105 cm³/mol. The van der Waals surface area contributed by atoms with Crippen LogP contribution >= 0.6 is 11.3 Å². The highest BCUT2D eigenvalue weighted by Gasteiger charge is 2.27. The van der Waals surface area contributed by atoms with Crippen molar-refractivity contribution in [2.24, 2.45) is 0 Å². The molecular weight excluding hydrogens is 344 g/mol. The zero-order valence-electron chi connectivity index (χ0n) is 14.6. The van der Waals surface area contributed by atoms with Crippen molar-refractivity contribution in [2.75, 3.05) is 29.9 Å². The average Bonchev–Trinajstić information content (AvgIpc) is 3.35. The second-order valence-electron chi connectivity index (χ2n) is 6.31. The van der Waals surface area contributed by atoms with Gasteiger partial charge in [-0.25, -0.2) is 9.97 Å². The van der Waals surface area contributed by atoms with Crippen molar-refractivity contribution in [1.29, 1.82) is 0 Å². The summed E-state index contributed by atoms with van der Waals surface area (Å²) in [5.41, 5.74) is 2.88. The fraction of sp³-hybridized carbons (Fsp3) is 0.250. The summed E-state index contributed by atoms with van der Waals surface area (Å²) in [6, 6.07) is 11.8. The first-order valence-corrected chi connectivity index (χ1v) is 9.56. The maximum atomic E-state index is 13.2. The van der Waals surface area contributed by atoms with E-state index in [-0.39, 0.29) is 5.91 Å². The van der Waals surface area contributed by atoms with Gasteiger partial charge in [-0.1, -0.05) is 18.2 Å². The number of fused-ring (bicyclic) bond motifs is 1. The Labute approximate surface area is 156 Å². The van der Waals surface area contributed by atoms with Gasteiger partial charge in [-0.3, -0.25) is 4.79 Å². The lowest BCUT2D eigenvalue weighted by atomic mass is 10.1. The van der Waals surface area contributed by atoms with Gasteiger partial charge in [0.25, 0.3) is 5.91 Å². The molecule has 1 aliphatic heterocycles. The maximum absolute atomic E-state index is 13.2. The van der Waals surface area contributed by atoms with Crippen LogP contribution in [0, 0.1) is 0 Å². The number of nitrogens with zero attached hydrogens (tertiary/aromatic N) is 4. The fourth-order valence-corrected chi connectivity index (χ4v) is 3.92. The normalized spacial score (nSPS) is 12.9. The molecule has 1 amide bonds. The molecule has 132 valence electrons. The van der Waals surface area contributed by atoms with Crippen LogP contribution in [0.5, 0.6) is 0 Å². The summed E-state index contributed by atoms with van der Waals surface area (Å²) in [5, 5.41) is 3.07. The van der Waals surface area contributed by atoms with Gasteiger partial charge >= 0.3 is 0 Å². The molecule has 0 unspecified atom stereocenters. The lowest BCUT2D eigenvalue weighted by Gasteiger charge is -2.23. The molecule has 0 saturated carbocycles. The van der Waals surface area contributed by atoms with E-state index in [1.165, 1.54) is 5.56 Å². The van der Waals surface area contributed by atoms with Crippen LogP contribution in [0.1, 0.15) is 20.9 Å². The molecule has 0 saturated heterocycles. The number of pyridine rings is 1. The van der Waals surface area contributed by atoms with Crippen molar-refractivity contribution in [2.45, 2.75) is 12.8 Å². The molecule has 3 heterocycles. The van der Waals surface area contributed by atoms with Crippen LogP contribution in [0.3, 0.4) is 0 Å². The van der Waals surface area contributed by atoms with Gasteiger partial charge in [-0.15, -0.1) is 11.3 Å². The van der Waals surface area contributed by atoms with Crippen LogP contribution in [-0.2, 0) is 12.8 Å². The summed E-state index contributed by atoms with van der Waals surface area (Å²) < 4.78 is 0. The van der Waals surface area contributed by atoms with Crippen molar-refractivity contribution < 1.29 is 4.79 Å². The third kappa shape index (κ3) is 3.20. The molecule has 1 aliphatic rings. The molecule has 1 aromatic carbocycles. The van der Waals surface area contributed by atoms with Gasteiger partial charge in [0.15, 0.2) is 0 Å². The number of anilines is 2. The van der Waals surface area contributed by atoms with Crippen LogP contribution in [0.4, 0.5) is 11.5 Å². The molecule has 3 aromatic rings. The van der Waals surface area contributed by atoms with Gasteiger partial charge in [0.1, 0.15) is 5.82 Å². The lowest BCUT2D eigenvalue weighted by Crippen LogP contribution is -2.32. The summed E-state index contributed by atoms with van der Waals surface area (Å²) in [5.74, 6) is 0.734. The SMILES string of the molecule is CN(CCc1nccs1)c1ncccc1C(=O)N1CCc2ccccc21. The summed E-state index contributed by atoms with van der Waals surface area (Å²) in [7, 11) is 1.98. The number of carbonyl (C=O) groups is 1. The second kappa shape index (κ2) is 7.25. The van der Waals surface area contributed by atoms with Crippen molar-refractivity contribution in [3.8, 4) is 0 Å². The average molecular weight is 364 g/mol. The van der Waals surface area contributed by atoms with Crippen molar-refractivity contribution >= 4 is 28.7 Å². The minimum Gasteiger partial charge on any atom is -0.359 e. The fourth-order valence-electron chi connectivity index (χ4n) is 3.31. The first-order valence-electron chi connectivity index (χ1n) is 8.68. The van der Waals surface area contributed by atoms with Gasteiger partial charge in [-0.05, 0) is 30.2 Å². The highest BCUT2D eigenvalue weighted by Crippen LogP contribution is 2.30. The number of rotatable bonds is 5. The molecule has 0 fully saturated rings. The van der Waals surface area contributed by atoms with Crippen molar-refractivity contribution in [1.82, 2.24) is 9.97 Å². The number of hydrogen-bond donors (Lipinski definition) is 0. The Morgan fingerprint density at radius 3 is 2.92 bits per heavy atom. The summed E-state index contributed by atoms with van der Waals surface area (Å²) >= 11 is 1.65. The first-order chi connectivity index (χ1) is 12.7. The van der Waals surface area contributed by atoms with E-state index >= 15 is 0 Å². The minimum atomic E-state index is 0.0131. The van der Waals surface area contributed by atoms with E-state index in [0.717, 1.165) is 42.4 Å². The van der Waals surface area contributed by atoms with E-state index in [1.807, 2.05) is 58.8 Å². The second-order valence-corrected chi connectivity index (χ2v) is 7.29. The van der Waals surface area contributed by atoms with Crippen LogP contribution < -0.4 is 9.80 Å². The molecule has 0 aliphatic carbocycles. The Hall–Kier alpha value is -2.73. The number of likely N-dealkylation sites (N-methyl/N-ethyl adjacent to an activating group) is 1. The molecule has 0 spiro atoms. The molecule has 0 bridgehead atoms. The number of carbonyl (C=O) groups excluding carboxylic acids is 1. The molecule has 0 radical (unpaired) electrons. The van der Waals surface area contributed by atoms with E-state index < -0.39 is 0 Å². The van der Waals surface area contributed by atoms with E-state index in [4.69, 9.17) is 0 Å². The lowest BCUT2D eigenvalue weighted by molar-refractivity contribution is 0.0989. The maximum Gasteiger partial charge on any atom is 0.262 e. The van der Waals surface area contributed by atoms with Crippen LogP contribution in [0.15, 0.2) is 54.2 Å². The number of benzene rings is 1. The van der Waals surface area contributed by atoms with Crippen LogP contribution in [0.2, 0.25) is 0 Å². The third-order valence-corrected chi connectivity index (χ3v) is 5.49. The smallest absolute Gasteiger partial charge is 0.262 e. The van der Waals surface area contributed by atoms with E-state index in [1.54, 1.807) is 17.5 Å². The predicted octanol–water partition coefficient (Wildman–Crippen LogP) is 3.42. The van der Waals surface area contributed by atoms with E-state index in [0.29, 0.717) is 5.56 Å². The number of amides is 1. The summed E-state index contributed by atoms with van der Waals surface area (Å²) in [6.07, 6.45) is 5.30. The van der Waals surface area contributed by atoms with Crippen molar-refractivity contribution in [3.05, 3.63) is 70.3 Å². The monoisotopic (exact) mass is 364 g/mol. The molecule has 26 heavy (non-hydrogen) atoms. The van der Waals surface area contributed by atoms with Gasteiger partial charge in [0.2, 0.25) is 0 Å². The third-order valence-electron chi connectivity index (χ3n) is 4.66. The number of para-hydroxylation sites is 1. The summed E-state index contributed by atoms with van der Waals surface area (Å²) in [6.45, 7) is 1.48. The summed E-state index contributed by atoms with van der Waals surface area (Å²) in [4.78, 5) is 25.9. The topological polar surface area (TPSA) is 49.3 Å². The Bertz CT molecular complexity index is 910. The molecule has 0 N–H and O–H groups in total. The Morgan fingerprint density at radius 2 is 2.08 bits per heavy atom. The molecule has 0 atom stereocenters. The standard InChI is InChI=1S/C20H20N4OS/c1-23(12-9-18-21-11-14-26-18)19-16(6-4-10-22-19)20(25)24-13-8-15-5-2-3-7-17(15)24/h2-7,10-11,14H,8-9,12-13H2,1H3. The van der Waals surface area contributed by atoms with Crippen molar-refractivity contribution in [3.63, 3.8) is 0 Å². The molecule has 2 aromatic heterocycles. The number of aromatic nitrogens is 2. The van der Waals surface area contributed by atoms with Crippen LogP contribution in [0.25, 0.3) is 0 Å².